The van der Waals surface area contributed by atoms with Gasteiger partial charge in [-0.3, -0.25) is 0 Å². The average Bonchev–Trinajstić information content (AvgIpc) is 2.10. The lowest BCUT2D eigenvalue weighted by atomic mass is 10.2. The molecule has 0 aliphatic heterocycles. The number of nitrogens with one attached hydrogen (secondary N) is 1. The van der Waals surface area contributed by atoms with Gasteiger partial charge < -0.3 is 11.1 Å². The lowest BCUT2D eigenvalue weighted by molar-refractivity contribution is 1.48. The zero-order valence-electron chi connectivity index (χ0n) is 6.84. The van der Waals surface area contributed by atoms with Crippen molar-refractivity contribution in [3.63, 3.8) is 0 Å². The highest BCUT2D eigenvalue weighted by Gasteiger charge is 2.08. The van der Waals surface area contributed by atoms with Crippen molar-refractivity contribution in [1.29, 1.82) is 5.26 Å². The van der Waals surface area contributed by atoms with Crippen LogP contribution in [0.2, 0.25) is 10.0 Å². The van der Waals surface area contributed by atoms with Gasteiger partial charge in [0.25, 0.3) is 0 Å². The molecule has 1 rings (SSSR count). The maximum absolute atomic E-state index is 8.62. The molecule has 3 N–H and O–H groups in total. The van der Waals surface area contributed by atoms with Gasteiger partial charge in [0.2, 0.25) is 0 Å². The van der Waals surface area contributed by atoms with E-state index in [0.717, 1.165) is 0 Å². The topological polar surface area (TPSA) is 61.8 Å². The fourth-order valence-corrected chi connectivity index (χ4v) is 1.56. The van der Waals surface area contributed by atoms with Crippen LogP contribution in [0.1, 0.15) is 5.56 Å². The molecular weight excluding hydrogens is 241 g/mol. The Labute approximate surface area is 96.4 Å². The lowest BCUT2D eigenvalue weighted by Gasteiger charge is -2.08. The summed E-state index contributed by atoms with van der Waals surface area (Å²) in [5.74, 6) is 0. The SMILES string of the molecule is N#Cc1cc(Cl)c(NC(N)=S)c(Cl)c1. The molecule has 1 aromatic carbocycles. The van der Waals surface area contributed by atoms with Crippen LogP contribution in [-0.4, -0.2) is 5.11 Å². The zero-order valence-corrected chi connectivity index (χ0v) is 9.17. The van der Waals surface area contributed by atoms with Gasteiger partial charge in [0, 0.05) is 0 Å². The van der Waals surface area contributed by atoms with Crippen molar-refractivity contribution in [2.75, 3.05) is 5.32 Å². The molecule has 0 atom stereocenters. The van der Waals surface area contributed by atoms with Gasteiger partial charge in [-0.15, -0.1) is 0 Å². The monoisotopic (exact) mass is 245 g/mol. The molecule has 1 aromatic rings. The predicted octanol–water partition coefficient (Wildman–Crippen LogP) is 2.52. The summed E-state index contributed by atoms with van der Waals surface area (Å²) in [6.45, 7) is 0. The van der Waals surface area contributed by atoms with Gasteiger partial charge in [-0.05, 0) is 24.4 Å². The third-order valence-corrected chi connectivity index (χ3v) is 2.12. The van der Waals surface area contributed by atoms with E-state index in [4.69, 9.17) is 34.2 Å². The third kappa shape index (κ3) is 2.48. The summed E-state index contributed by atoms with van der Waals surface area (Å²) in [5.41, 5.74) is 6.07. The van der Waals surface area contributed by atoms with Crippen molar-refractivity contribution < 1.29 is 0 Å². The molecule has 6 heteroatoms. The number of benzene rings is 1. The first kappa shape index (κ1) is 11.1. The molecule has 0 bridgehead atoms. The average molecular weight is 246 g/mol. The molecule has 0 unspecified atom stereocenters. The number of halogens is 2. The molecule has 0 saturated carbocycles. The normalized spacial score (nSPS) is 9.21. The zero-order chi connectivity index (χ0) is 10.7. The molecule has 72 valence electrons. The standard InChI is InChI=1S/C8H5Cl2N3S/c9-5-1-4(3-11)2-6(10)7(5)13-8(12)14/h1-2H,(H3,12,13,14). The quantitative estimate of drug-likeness (QED) is 0.747. The summed E-state index contributed by atoms with van der Waals surface area (Å²) < 4.78 is 0. The van der Waals surface area contributed by atoms with Gasteiger partial charge >= 0.3 is 0 Å². The summed E-state index contributed by atoms with van der Waals surface area (Å²) in [6.07, 6.45) is 0. The van der Waals surface area contributed by atoms with Crippen LogP contribution >= 0.6 is 35.4 Å². The van der Waals surface area contributed by atoms with Crippen LogP contribution in [-0.2, 0) is 0 Å². The van der Waals surface area contributed by atoms with Crippen LogP contribution in [0.25, 0.3) is 0 Å². The number of thiocarbonyl (C=S) groups is 1. The number of nitriles is 1. The van der Waals surface area contributed by atoms with Crippen molar-refractivity contribution in [3.05, 3.63) is 27.7 Å². The Morgan fingerprint density at radius 2 is 1.93 bits per heavy atom. The molecule has 14 heavy (non-hydrogen) atoms. The summed E-state index contributed by atoms with van der Waals surface area (Å²) in [6, 6.07) is 4.89. The first-order valence-electron chi connectivity index (χ1n) is 3.50. The van der Waals surface area contributed by atoms with Crippen molar-refractivity contribution >= 4 is 46.2 Å². The van der Waals surface area contributed by atoms with E-state index in [1.165, 1.54) is 12.1 Å². The van der Waals surface area contributed by atoms with Crippen molar-refractivity contribution in [3.8, 4) is 6.07 Å². The van der Waals surface area contributed by atoms with Gasteiger partial charge in [0.05, 0.1) is 27.4 Å². The molecule has 0 aliphatic rings. The molecule has 3 nitrogen and oxygen atoms in total. The number of hydrogen-bond acceptors (Lipinski definition) is 2. The van der Waals surface area contributed by atoms with E-state index >= 15 is 0 Å². The minimum atomic E-state index is 0.0681. The first-order chi connectivity index (χ1) is 6.54. The second-order valence-corrected chi connectivity index (χ2v) is 3.67. The predicted molar refractivity (Wildman–Crippen MR) is 61.6 cm³/mol. The summed E-state index contributed by atoms with van der Waals surface area (Å²) in [4.78, 5) is 0. The molecule has 0 aliphatic carbocycles. The van der Waals surface area contributed by atoms with E-state index in [1.807, 2.05) is 6.07 Å². The minimum Gasteiger partial charge on any atom is -0.376 e. The number of nitrogens with zero attached hydrogens (tertiary/aromatic N) is 1. The molecular formula is C8H5Cl2N3S. The Bertz CT molecular complexity index is 402. The van der Waals surface area contributed by atoms with E-state index in [9.17, 15) is 0 Å². The van der Waals surface area contributed by atoms with Crippen LogP contribution in [0.15, 0.2) is 12.1 Å². The molecule has 0 saturated heterocycles. The highest BCUT2D eigenvalue weighted by Crippen LogP contribution is 2.31. The van der Waals surface area contributed by atoms with Gasteiger partial charge in [-0.25, -0.2) is 0 Å². The van der Waals surface area contributed by atoms with Crippen LogP contribution in [0.4, 0.5) is 5.69 Å². The van der Waals surface area contributed by atoms with E-state index in [2.05, 4.69) is 17.5 Å². The fraction of sp³-hybridized carbons (Fsp3) is 0. The Morgan fingerprint density at radius 3 is 2.29 bits per heavy atom. The Morgan fingerprint density at radius 1 is 1.43 bits per heavy atom. The summed E-state index contributed by atoms with van der Waals surface area (Å²) in [5, 5.41) is 11.9. The molecule has 0 heterocycles. The number of anilines is 1. The first-order valence-corrected chi connectivity index (χ1v) is 4.66. The second-order valence-electron chi connectivity index (χ2n) is 2.42. The number of hydrogen-bond donors (Lipinski definition) is 2. The largest absolute Gasteiger partial charge is 0.376 e. The van der Waals surface area contributed by atoms with Crippen molar-refractivity contribution in [2.45, 2.75) is 0 Å². The van der Waals surface area contributed by atoms with Gasteiger partial charge in [-0.1, -0.05) is 23.2 Å². The lowest BCUT2D eigenvalue weighted by Crippen LogP contribution is -2.19. The molecule has 0 spiro atoms. The summed E-state index contributed by atoms with van der Waals surface area (Å²) in [7, 11) is 0. The summed E-state index contributed by atoms with van der Waals surface area (Å²) >= 11 is 16.3. The highest BCUT2D eigenvalue weighted by atomic mass is 35.5. The Balaban J connectivity index is 3.19. The number of nitrogens with two attached hydrogens (primary N) is 1. The number of rotatable bonds is 1. The molecule has 0 fully saturated rings. The van der Waals surface area contributed by atoms with Crippen LogP contribution in [0.5, 0.6) is 0 Å². The van der Waals surface area contributed by atoms with Crippen LogP contribution < -0.4 is 11.1 Å². The van der Waals surface area contributed by atoms with E-state index in [1.54, 1.807) is 0 Å². The van der Waals surface area contributed by atoms with E-state index < -0.39 is 0 Å². The molecule has 0 radical (unpaired) electrons. The van der Waals surface area contributed by atoms with E-state index in [-0.39, 0.29) is 5.11 Å². The molecule has 0 amide bonds. The smallest absolute Gasteiger partial charge is 0.168 e. The van der Waals surface area contributed by atoms with Crippen molar-refractivity contribution in [2.24, 2.45) is 5.73 Å². The van der Waals surface area contributed by atoms with E-state index in [0.29, 0.717) is 21.3 Å². The van der Waals surface area contributed by atoms with Crippen molar-refractivity contribution in [1.82, 2.24) is 0 Å². The maximum Gasteiger partial charge on any atom is 0.168 e. The fourth-order valence-electron chi connectivity index (χ4n) is 0.880. The highest BCUT2D eigenvalue weighted by molar-refractivity contribution is 7.80. The van der Waals surface area contributed by atoms with Gasteiger partial charge in [0.15, 0.2) is 5.11 Å². The van der Waals surface area contributed by atoms with Gasteiger partial charge in [0.1, 0.15) is 0 Å². The Kier molecular flexibility index (Phi) is 3.53. The minimum absolute atomic E-state index is 0.0681. The van der Waals surface area contributed by atoms with Gasteiger partial charge in [-0.2, -0.15) is 5.26 Å². The van der Waals surface area contributed by atoms with Crippen LogP contribution in [0, 0.1) is 11.3 Å². The third-order valence-electron chi connectivity index (χ3n) is 1.42. The second kappa shape index (κ2) is 4.47. The Hall–Kier alpha value is -1.02. The van der Waals surface area contributed by atoms with Crippen LogP contribution in [0.3, 0.4) is 0 Å². The maximum atomic E-state index is 8.62. The molecule has 0 aromatic heterocycles.